The number of hydrogen-bond acceptors (Lipinski definition) is 3. The second kappa shape index (κ2) is 7.92. The van der Waals surface area contributed by atoms with E-state index in [-0.39, 0.29) is 0 Å². The van der Waals surface area contributed by atoms with Crippen LogP contribution in [-0.2, 0) is 0 Å². The van der Waals surface area contributed by atoms with Crippen LogP contribution in [0.4, 0.5) is 0 Å². The van der Waals surface area contributed by atoms with Crippen LogP contribution in [0.5, 0.6) is 0 Å². The summed E-state index contributed by atoms with van der Waals surface area (Å²) in [5.74, 6) is 0. The molecule has 2 unspecified atom stereocenters. The molecule has 3 nitrogen and oxygen atoms in total. The van der Waals surface area contributed by atoms with Crippen LogP contribution in [-0.4, -0.2) is 56.1 Å². The number of nitrogens with zero attached hydrogens (tertiary/aromatic N) is 2. The van der Waals surface area contributed by atoms with Gasteiger partial charge in [-0.15, -0.1) is 0 Å². The summed E-state index contributed by atoms with van der Waals surface area (Å²) in [5, 5.41) is 3.81. The Balaban J connectivity index is 2.27. The van der Waals surface area contributed by atoms with Gasteiger partial charge in [-0.2, -0.15) is 0 Å². The third-order valence-electron chi connectivity index (χ3n) is 4.64. The molecule has 1 N–H and O–H groups in total. The van der Waals surface area contributed by atoms with Gasteiger partial charge in [0.05, 0.1) is 0 Å². The minimum atomic E-state index is 0.414. The minimum Gasteiger partial charge on any atom is -0.309 e. The van der Waals surface area contributed by atoms with E-state index in [4.69, 9.17) is 0 Å². The molecule has 118 valence electrons. The van der Waals surface area contributed by atoms with Crippen molar-refractivity contribution < 1.29 is 0 Å². The van der Waals surface area contributed by atoms with Crippen LogP contribution >= 0.6 is 0 Å². The second-order valence-corrected chi connectivity index (χ2v) is 6.45. The van der Waals surface area contributed by atoms with Gasteiger partial charge in [0.2, 0.25) is 0 Å². The number of benzene rings is 1. The fraction of sp³-hybridized carbons (Fsp3) is 0.667. The molecule has 1 aliphatic rings. The van der Waals surface area contributed by atoms with E-state index in [0.717, 1.165) is 13.1 Å². The highest BCUT2D eigenvalue weighted by molar-refractivity contribution is 5.30. The molecule has 2 atom stereocenters. The summed E-state index contributed by atoms with van der Waals surface area (Å²) < 4.78 is 0. The highest BCUT2D eigenvalue weighted by Gasteiger charge is 2.29. The van der Waals surface area contributed by atoms with Gasteiger partial charge < -0.3 is 15.1 Å². The Morgan fingerprint density at radius 1 is 1.24 bits per heavy atom. The molecule has 0 saturated carbocycles. The molecular formula is C18H31N3. The minimum absolute atomic E-state index is 0.414. The summed E-state index contributed by atoms with van der Waals surface area (Å²) in [4.78, 5) is 5.02. The summed E-state index contributed by atoms with van der Waals surface area (Å²) in [6.07, 6.45) is 2.44. The molecular weight excluding hydrogens is 258 g/mol. The van der Waals surface area contributed by atoms with Gasteiger partial charge in [0.25, 0.3) is 0 Å². The Kier molecular flexibility index (Phi) is 6.22. The Hall–Kier alpha value is -0.900. The number of aryl methyl sites for hydroxylation is 1. The first-order valence-corrected chi connectivity index (χ1v) is 8.31. The summed E-state index contributed by atoms with van der Waals surface area (Å²) in [6, 6.07) is 9.78. The van der Waals surface area contributed by atoms with Gasteiger partial charge in [-0.25, -0.2) is 0 Å². The van der Waals surface area contributed by atoms with E-state index in [2.05, 4.69) is 67.3 Å². The molecule has 3 heteroatoms. The van der Waals surface area contributed by atoms with E-state index < -0.39 is 0 Å². The summed E-state index contributed by atoms with van der Waals surface area (Å²) in [5.41, 5.74) is 2.85. The maximum atomic E-state index is 3.81. The Bertz CT molecular complexity index is 432. The largest absolute Gasteiger partial charge is 0.309 e. The van der Waals surface area contributed by atoms with Gasteiger partial charge in [0, 0.05) is 18.6 Å². The maximum absolute atomic E-state index is 3.81. The quantitative estimate of drug-likeness (QED) is 0.899. The lowest BCUT2D eigenvalue weighted by molar-refractivity contribution is 0.178. The molecule has 1 fully saturated rings. The standard InChI is InChI=1S/C18H31N3/c1-5-11-19-18(16-10-7-6-9-15(16)2)17-14-20(3)12-8-13-21(17)4/h6-7,9-10,17-19H,5,8,11-14H2,1-4H3. The third-order valence-corrected chi connectivity index (χ3v) is 4.64. The lowest BCUT2D eigenvalue weighted by Crippen LogP contribution is -2.47. The smallest absolute Gasteiger partial charge is 0.0493 e. The number of rotatable bonds is 5. The topological polar surface area (TPSA) is 18.5 Å². The van der Waals surface area contributed by atoms with E-state index in [1.54, 1.807) is 0 Å². The Morgan fingerprint density at radius 3 is 2.71 bits per heavy atom. The predicted octanol–water partition coefficient (Wildman–Crippen LogP) is 2.67. The van der Waals surface area contributed by atoms with Crippen molar-refractivity contribution in [2.24, 2.45) is 0 Å². The molecule has 0 bridgehead atoms. The molecule has 0 amide bonds. The molecule has 1 aromatic rings. The highest BCUT2D eigenvalue weighted by atomic mass is 15.2. The van der Waals surface area contributed by atoms with E-state index in [9.17, 15) is 0 Å². The van der Waals surface area contributed by atoms with Crippen molar-refractivity contribution in [1.29, 1.82) is 0 Å². The van der Waals surface area contributed by atoms with Crippen LogP contribution in [0.15, 0.2) is 24.3 Å². The van der Waals surface area contributed by atoms with Gasteiger partial charge in [-0.3, -0.25) is 0 Å². The van der Waals surface area contributed by atoms with Crippen molar-refractivity contribution in [2.45, 2.75) is 38.8 Å². The first-order chi connectivity index (χ1) is 10.1. The molecule has 0 aliphatic carbocycles. The van der Waals surface area contributed by atoms with Gasteiger partial charge in [-0.1, -0.05) is 31.2 Å². The van der Waals surface area contributed by atoms with Crippen molar-refractivity contribution in [3.05, 3.63) is 35.4 Å². The van der Waals surface area contributed by atoms with Crippen molar-refractivity contribution in [2.75, 3.05) is 40.3 Å². The molecule has 1 heterocycles. The van der Waals surface area contributed by atoms with E-state index in [1.807, 2.05) is 0 Å². The summed E-state index contributed by atoms with van der Waals surface area (Å²) >= 11 is 0. The fourth-order valence-electron chi connectivity index (χ4n) is 3.35. The highest BCUT2D eigenvalue weighted by Crippen LogP contribution is 2.25. The zero-order valence-corrected chi connectivity index (χ0v) is 14.1. The number of nitrogens with one attached hydrogen (secondary N) is 1. The van der Waals surface area contributed by atoms with Crippen LogP contribution < -0.4 is 5.32 Å². The van der Waals surface area contributed by atoms with Gasteiger partial charge in [-0.05, 0) is 64.6 Å². The van der Waals surface area contributed by atoms with Crippen LogP contribution in [0.1, 0.15) is 36.9 Å². The molecule has 1 aliphatic heterocycles. The first kappa shape index (κ1) is 16.5. The second-order valence-electron chi connectivity index (χ2n) is 6.45. The molecule has 0 aromatic heterocycles. The molecule has 0 radical (unpaired) electrons. The number of hydrogen-bond donors (Lipinski definition) is 1. The zero-order valence-electron chi connectivity index (χ0n) is 14.1. The Labute approximate surface area is 130 Å². The summed E-state index contributed by atoms with van der Waals surface area (Å²) in [7, 11) is 4.53. The molecule has 0 spiro atoms. The normalized spacial score (nSPS) is 23.0. The van der Waals surface area contributed by atoms with Crippen molar-refractivity contribution in [3.63, 3.8) is 0 Å². The molecule has 1 aromatic carbocycles. The zero-order chi connectivity index (χ0) is 15.2. The SMILES string of the molecule is CCCNC(c1ccccc1C)C1CN(C)CCCN1C. The molecule has 2 rings (SSSR count). The lowest BCUT2D eigenvalue weighted by atomic mass is 9.94. The third kappa shape index (κ3) is 4.29. The molecule has 21 heavy (non-hydrogen) atoms. The van der Waals surface area contributed by atoms with Crippen molar-refractivity contribution in [3.8, 4) is 0 Å². The van der Waals surface area contributed by atoms with Crippen molar-refractivity contribution >= 4 is 0 Å². The number of likely N-dealkylation sites (N-methyl/N-ethyl adjacent to an activating group) is 2. The van der Waals surface area contributed by atoms with E-state index in [0.29, 0.717) is 12.1 Å². The Morgan fingerprint density at radius 2 is 2.00 bits per heavy atom. The summed E-state index contributed by atoms with van der Waals surface area (Å²) in [6.45, 7) is 9.07. The van der Waals surface area contributed by atoms with Crippen LogP contribution in [0.3, 0.4) is 0 Å². The maximum Gasteiger partial charge on any atom is 0.0493 e. The first-order valence-electron chi connectivity index (χ1n) is 8.31. The van der Waals surface area contributed by atoms with E-state index in [1.165, 1.54) is 37.1 Å². The fourth-order valence-corrected chi connectivity index (χ4v) is 3.35. The lowest BCUT2D eigenvalue weighted by Gasteiger charge is -2.36. The average Bonchev–Trinajstić information content (AvgIpc) is 2.63. The van der Waals surface area contributed by atoms with Gasteiger partial charge >= 0.3 is 0 Å². The van der Waals surface area contributed by atoms with Crippen molar-refractivity contribution in [1.82, 2.24) is 15.1 Å². The average molecular weight is 289 g/mol. The van der Waals surface area contributed by atoms with Crippen LogP contribution in [0.2, 0.25) is 0 Å². The monoisotopic (exact) mass is 289 g/mol. The van der Waals surface area contributed by atoms with Gasteiger partial charge in [0.15, 0.2) is 0 Å². The molecule has 1 saturated heterocycles. The van der Waals surface area contributed by atoms with Crippen LogP contribution in [0, 0.1) is 6.92 Å². The predicted molar refractivity (Wildman–Crippen MR) is 90.7 cm³/mol. The van der Waals surface area contributed by atoms with Crippen LogP contribution in [0.25, 0.3) is 0 Å². The van der Waals surface area contributed by atoms with E-state index >= 15 is 0 Å². The van der Waals surface area contributed by atoms with Gasteiger partial charge in [0.1, 0.15) is 0 Å².